The van der Waals surface area contributed by atoms with Crippen molar-refractivity contribution in [1.82, 2.24) is 10.2 Å². The van der Waals surface area contributed by atoms with Crippen molar-refractivity contribution in [2.45, 2.75) is 32.7 Å². The molecule has 2 rings (SSSR count). The van der Waals surface area contributed by atoms with E-state index < -0.39 is 5.92 Å². The lowest BCUT2D eigenvalue weighted by atomic mass is 10.1. The van der Waals surface area contributed by atoms with Crippen LogP contribution in [-0.4, -0.2) is 68.7 Å². The van der Waals surface area contributed by atoms with Gasteiger partial charge in [-0.05, 0) is 32.4 Å². The first kappa shape index (κ1) is 22.8. The van der Waals surface area contributed by atoms with Gasteiger partial charge in [-0.1, -0.05) is 12.1 Å². The van der Waals surface area contributed by atoms with Crippen LogP contribution in [-0.2, 0) is 19.1 Å². The van der Waals surface area contributed by atoms with E-state index in [1.807, 2.05) is 13.8 Å². The molecule has 1 heterocycles. The SMILES string of the molecule is CCOCCCNC(=O)c1ccccc1NC(=O)[C@@H]1CC(=O)N([C@@H](C)COC)C1. The number of hydrogen-bond donors (Lipinski definition) is 2. The van der Waals surface area contributed by atoms with Gasteiger partial charge in [-0.2, -0.15) is 0 Å². The highest BCUT2D eigenvalue weighted by Crippen LogP contribution is 2.23. The zero-order valence-corrected chi connectivity index (χ0v) is 17.4. The normalized spacial score (nSPS) is 17.3. The van der Waals surface area contributed by atoms with E-state index in [1.165, 1.54) is 0 Å². The van der Waals surface area contributed by atoms with Crippen LogP contribution in [0.5, 0.6) is 0 Å². The lowest BCUT2D eigenvalue weighted by Crippen LogP contribution is -2.38. The van der Waals surface area contributed by atoms with Gasteiger partial charge in [0.15, 0.2) is 0 Å². The molecule has 2 N–H and O–H groups in total. The van der Waals surface area contributed by atoms with Crippen molar-refractivity contribution in [1.29, 1.82) is 0 Å². The zero-order valence-electron chi connectivity index (χ0n) is 17.4. The molecule has 1 aliphatic rings. The third-order valence-electron chi connectivity index (χ3n) is 4.85. The first-order chi connectivity index (χ1) is 14.0. The Morgan fingerprint density at radius 2 is 2.07 bits per heavy atom. The Hall–Kier alpha value is -2.45. The van der Waals surface area contributed by atoms with Crippen molar-refractivity contribution < 1.29 is 23.9 Å². The lowest BCUT2D eigenvalue weighted by molar-refractivity contribution is -0.130. The number of para-hydroxylation sites is 1. The van der Waals surface area contributed by atoms with Gasteiger partial charge in [0, 0.05) is 39.8 Å². The van der Waals surface area contributed by atoms with E-state index in [0.29, 0.717) is 50.6 Å². The van der Waals surface area contributed by atoms with E-state index in [0.717, 1.165) is 0 Å². The predicted molar refractivity (Wildman–Crippen MR) is 110 cm³/mol. The third-order valence-corrected chi connectivity index (χ3v) is 4.85. The molecule has 160 valence electrons. The van der Waals surface area contributed by atoms with Crippen LogP contribution in [0.2, 0.25) is 0 Å². The minimum absolute atomic E-state index is 0.0602. The number of nitrogens with zero attached hydrogens (tertiary/aromatic N) is 1. The van der Waals surface area contributed by atoms with Crippen LogP contribution in [0.15, 0.2) is 24.3 Å². The summed E-state index contributed by atoms with van der Waals surface area (Å²) in [4.78, 5) is 39.1. The second-order valence-corrected chi connectivity index (χ2v) is 7.09. The maximum absolute atomic E-state index is 12.7. The number of hydrogen-bond acceptors (Lipinski definition) is 5. The summed E-state index contributed by atoms with van der Waals surface area (Å²) >= 11 is 0. The molecule has 0 unspecified atom stereocenters. The van der Waals surface area contributed by atoms with Gasteiger partial charge in [-0.15, -0.1) is 0 Å². The second-order valence-electron chi connectivity index (χ2n) is 7.09. The molecule has 1 fully saturated rings. The van der Waals surface area contributed by atoms with Gasteiger partial charge in [0.2, 0.25) is 11.8 Å². The van der Waals surface area contributed by atoms with Crippen molar-refractivity contribution >= 4 is 23.4 Å². The fraction of sp³-hybridized carbons (Fsp3) is 0.571. The molecule has 8 nitrogen and oxygen atoms in total. The van der Waals surface area contributed by atoms with Gasteiger partial charge in [0.1, 0.15) is 0 Å². The molecular formula is C21H31N3O5. The van der Waals surface area contributed by atoms with E-state index in [2.05, 4.69) is 10.6 Å². The molecule has 0 saturated carbocycles. The maximum atomic E-state index is 12.7. The van der Waals surface area contributed by atoms with Crippen LogP contribution in [0.1, 0.15) is 37.0 Å². The molecule has 8 heteroatoms. The Morgan fingerprint density at radius 1 is 1.31 bits per heavy atom. The topological polar surface area (TPSA) is 97.0 Å². The van der Waals surface area contributed by atoms with Crippen LogP contribution in [0.25, 0.3) is 0 Å². The molecule has 1 aromatic carbocycles. The number of ether oxygens (including phenoxy) is 2. The lowest BCUT2D eigenvalue weighted by Gasteiger charge is -2.24. The van der Waals surface area contributed by atoms with E-state index in [-0.39, 0.29) is 30.2 Å². The fourth-order valence-corrected chi connectivity index (χ4v) is 3.31. The Bertz CT molecular complexity index is 709. The summed E-state index contributed by atoms with van der Waals surface area (Å²) in [6.07, 6.45) is 0.874. The van der Waals surface area contributed by atoms with Crippen molar-refractivity contribution in [3.05, 3.63) is 29.8 Å². The average Bonchev–Trinajstić information content (AvgIpc) is 3.10. The molecule has 0 spiro atoms. The van der Waals surface area contributed by atoms with Gasteiger partial charge >= 0.3 is 0 Å². The minimum Gasteiger partial charge on any atom is -0.383 e. The molecule has 1 saturated heterocycles. The number of rotatable bonds is 11. The van der Waals surface area contributed by atoms with Crippen molar-refractivity contribution in [3.8, 4) is 0 Å². The number of benzene rings is 1. The second kappa shape index (κ2) is 11.5. The maximum Gasteiger partial charge on any atom is 0.253 e. The monoisotopic (exact) mass is 405 g/mol. The molecular weight excluding hydrogens is 374 g/mol. The Balaban J connectivity index is 1.95. The van der Waals surface area contributed by atoms with Crippen molar-refractivity contribution in [2.75, 3.05) is 45.3 Å². The summed E-state index contributed by atoms with van der Waals surface area (Å²) in [6.45, 7) is 6.31. The Kier molecular flexibility index (Phi) is 9.08. The van der Waals surface area contributed by atoms with Crippen molar-refractivity contribution in [3.63, 3.8) is 0 Å². The van der Waals surface area contributed by atoms with Gasteiger partial charge in [-0.3, -0.25) is 14.4 Å². The highest BCUT2D eigenvalue weighted by Gasteiger charge is 2.36. The molecule has 3 amide bonds. The molecule has 0 aliphatic carbocycles. The summed E-state index contributed by atoms with van der Waals surface area (Å²) in [5.41, 5.74) is 0.835. The number of amides is 3. The first-order valence-corrected chi connectivity index (χ1v) is 10.0. The molecule has 1 aromatic rings. The number of carbonyl (C=O) groups is 3. The molecule has 0 radical (unpaired) electrons. The van der Waals surface area contributed by atoms with Gasteiger partial charge in [-0.25, -0.2) is 0 Å². The van der Waals surface area contributed by atoms with Gasteiger partial charge < -0.3 is 25.0 Å². The van der Waals surface area contributed by atoms with Crippen LogP contribution in [0.3, 0.4) is 0 Å². The molecule has 1 aliphatic heterocycles. The number of anilines is 1. The summed E-state index contributed by atoms with van der Waals surface area (Å²) in [5.74, 6) is -1.03. The summed E-state index contributed by atoms with van der Waals surface area (Å²) in [7, 11) is 1.58. The molecule has 0 bridgehead atoms. The first-order valence-electron chi connectivity index (χ1n) is 10.0. The highest BCUT2D eigenvalue weighted by molar-refractivity contribution is 6.05. The Labute approximate surface area is 171 Å². The fourth-order valence-electron chi connectivity index (χ4n) is 3.31. The zero-order chi connectivity index (χ0) is 21.2. The number of carbonyl (C=O) groups excluding carboxylic acids is 3. The molecule has 0 aromatic heterocycles. The van der Waals surface area contributed by atoms with Crippen LogP contribution in [0, 0.1) is 5.92 Å². The van der Waals surface area contributed by atoms with E-state index in [9.17, 15) is 14.4 Å². The predicted octanol–water partition coefficient (Wildman–Crippen LogP) is 1.66. The summed E-state index contributed by atoms with van der Waals surface area (Å²) < 4.78 is 10.4. The van der Waals surface area contributed by atoms with Gasteiger partial charge in [0.25, 0.3) is 5.91 Å². The smallest absolute Gasteiger partial charge is 0.253 e. The standard InChI is InChI=1S/C21H31N3O5/c1-4-29-11-7-10-22-21(27)17-8-5-6-9-18(17)23-20(26)16-12-19(25)24(13-16)15(2)14-28-3/h5-6,8-9,15-16H,4,7,10-14H2,1-3H3,(H,22,27)(H,23,26)/t15-,16+/m0/s1. The summed E-state index contributed by atoms with van der Waals surface area (Å²) in [5, 5.41) is 5.66. The molecule has 29 heavy (non-hydrogen) atoms. The summed E-state index contributed by atoms with van der Waals surface area (Å²) in [6, 6.07) is 6.78. The average molecular weight is 405 g/mol. The third kappa shape index (κ3) is 6.54. The van der Waals surface area contributed by atoms with E-state index in [1.54, 1.807) is 36.3 Å². The largest absolute Gasteiger partial charge is 0.383 e. The van der Waals surface area contributed by atoms with E-state index >= 15 is 0 Å². The van der Waals surface area contributed by atoms with Crippen molar-refractivity contribution in [2.24, 2.45) is 5.92 Å². The highest BCUT2D eigenvalue weighted by atomic mass is 16.5. The number of nitrogens with one attached hydrogen (secondary N) is 2. The molecule has 2 atom stereocenters. The van der Waals surface area contributed by atoms with Gasteiger partial charge in [0.05, 0.1) is 29.8 Å². The number of likely N-dealkylation sites (tertiary alicyclic amines) is 1. The Morgan fingerprint density at radius 3 is 2.79 bits per heavy atom. The van der Waals surface area contributed by atoms with Crippen LogP contribution >= 0.6 is 0 Å². The van der Waals surface area contributed by atoms with E-state index in [4.69, 9.17) is 9.47 Å². The quantitative estimate of drug-likeness (QED) is 0.546. The number of methoxy groups -OCH3 is 1. The minimum atomic E-state index is -0.455. The van der Waals surface area contributed by atoms with Crippen LogP contribution < -0.4 is 10.6 Å². The van der Waals surface area contributed by atoms with Crippen LogP contribution in [0.4, 0.5) is 5.69 Å².